The Hall–Kier alpha value is -0.243. The van der Waals surface area contributed by atoms with Crippen molar-refractivity contribution in [2.24, 2.45) is 0 Å². The summed E-state index contributed by atoms with van der Waals surface area (Å²) in [6, 6.07) is 0. The zero-order valence-electron chi connectivity index (χ0n) is 9.65. The molecule has 0 rings (SSSR count). The first kappa shape index (κ1) is 12.8. The van der Waals surface area contributed by atoms with Crippen molar-refractivity contribution in [2.75, 3.05) is 6.61 Å². The maximum absolute atomic E-state index is 5.76. The van der Waals surface area contributed by atoms with Gasteiger partial charge in [-0.3, -0.25) is 0 Å². The molecule has 13 heavy (non-hydrogen) atoms. The predicted octanol–water partition coefficient (Wildman–Crippen LogP) is 2.59. The van der Waals surface area contributed by atoms with Crippen molar-refractivity contribution in [3.63, 3.8) is 0 Å². The van der Waals surface area contributed by atoms with E-state index in [2.05, 4.69) is 20.8 Å². The van der Waals surface area contributed by atoms with Crippen LogP contribution in [0.15, 0.2) is 11.0 Å². The zero-order chi connectivity index (χ0) is 10.1. The second-order valence-corrected chi connectivity index (χ2v) is 4.76. The molecule has 0 bridgehead atoms. The van der Waals surface area contributed by atoms with Crippen LogP contribution in [-0.2, 0) is 4.74 Å². The third-order valence-corrected chi connectivity index (χ3v) is 3.12. The van der Waals surface area contributed by atoms with E-state index in [9.17, 15) is 0 Å². The smallest absolute Gasteiger partial charge is 0.0903 e. The Kier molecular flexibility index (Phi) is 8.20. The van der Waals surface area contributed by atoms with Gasteiger partial charge in [-0.25, -0.2) is 0 Å². The number of hydrogen-bond donors (Lipinski definition) is 0. The number of ether oxygens (including phenoxy) is 1. The average Bonchev–Trinajstić information content (AvgIpc) is 2.12. The lowest BCUT2D eigenvalue weighted by Gasteiger charge is -2.12. The molecule has 0 unspecified atom stereocenters. The lowest BCUT2D eigenvalue weighted by molar-refractivity contribution is 0.199. The molecule has 0 aromatic heterocycles. The molecular weight excluding hydrogens is 176 g/mol. The van der Waals surface area contributed by atoms with Crippen LogP contribution in [0.5, 0.6) is 0 Å². The first-order valence-corrected chi connectivity index (χ1v) is 6.57. The van der Waals surface area contributed by atoms with Gasteiger partial charge in [-0.05, 0) is 19.3 Å². The molecule has 0 aromatic carbocycles. The van der Waals surface area contributed by atoms with E-state index in [4.69, 9.17) is 4.74 Å². The molecule has 0 aliphatic rings. The van der Waals surface area contributed by atoms with Gasteiger partial charge >= 0.3 is 0 Å². The van der Waals surface area contributed by atoms with Crippen molar-refractivity contribution in [1.82, 2.24) is 0 Å². The summed E-state index contributed by atoms with van der Waals surface area (Å²) >= 11 is 0. The number of rotatable bonds is 7. The van der Waals surface area contributed by atoms with E-state index in [-0.39, 0.29) is 0 Å². The number of hydrogen-bond acceptors (Lipinski definition) is 1. The normalized spacial score (nSPS) is 12.8. The van der Waals surface area contributed by atoms with Crippen molar-refractivity contribution in [3.05, 3.63) is 11.0 Å². The van der Waals surface area contributed by atoms with Crippen LogP contribution in [0.25, 0.3) is 0 Å². The van der Waals surface area contributed by atoms with E-state index < -0.39 is 0 Å². The van der Waals surface area contributed by atoms with Crippen molar-refractivity contribution < 1.29 is 4.74 Å². The fourth-order valence-corrected chi connectivity index (χ4v) is 2.27. The van der Waals surface area contributed by atoms with Gasteiger partial charge < -0.3 is 4.74 Å². The van der Waals surface area contributed by atoms with Crippen LogP contribution in [0.1, 0.15) is 52.9 Å². The molecular formula is C11H24OSi. The summed E-state index contributed by atoms with van der Waals surface area (Å²) in [6.07, 6.45) is 5.95. The molecule has 0 heterocycles. The highest BCUT2D eigenvalue weighted by atomic mass is 28.1. The van der Waals surface area contributed by atoms with Crippen LogP contribution in [0.3, 0.4) is 0 Å². The van der Waals surface area contributed by atoms with E-state index in [1.165, 1.54) is 35.3 Å². The van der Waals surface area contributed by atoms with Crippen molar-refractivity contribution in [2.45, 2.75) is 52.9 Å². The van der Waals surface area contributed by atoms with Gasteiger partial charge in [0.15, 0.2) is 0 Å². The first-order chi connectivity index (χ1) is 6.26. The Morgan fingerprint density at radius 2 is 1.62 bits per heavy atom. The third kappa shape index (κ3) is 5.91. The third-order valence-electron chi connectivity index (χ3n) is 2.06. The molecule has 0 atom stereocenters. The van der Waals surface area contributed by atoms with E-state index in [0.717, 1.165) is 19.4 Å². The second-order valence-electron chi connectivity index (χ2n) is 3.55. The zero-order valence-corrected chi connectivity index (χ0v) is 11.7. The van der Waals surface area contributed by atoms with Crippen LogP contribution >= 0.6 is 0 Å². The standard InChI is InChI=1S/C11H24OSi/c1-4-7-10(12-9-6-3)11(13)8-5-2/h4-9H2,1-3,13H3. The summed E-state index contributed by atoms with van der Waals surface area (Å²) in [6.45, 7) is 7.51. The molecule has 0 saturated heterocycles. The Morgan fingerprint density at radius 3 is 2.08 bits per heavy atom. The monoisotopic (exact) mass is 200 g/mol. The molecule has 0 N–H and O–H groups in total. The highest BCUT2D eigenvalue weighted by Crippen LogP contribution is 2.14. The maximum atomic E-state index is 5.76. The molecule has 78 valence electrons. The fourth-order valence-electron chi connectivity index (χ4n) is 1.38. The SMILES string of the molecule is CCCOC(CCC)=C([SiH3])CCC. The largest absolute Gasteiger partial charge is 0.498 e. The van der Waals surface area contributed by atoms with E-state index in [1.54, 1.807) is 5.20 Å². The summed E-state index contributed by atoms with van der Waals surface area (Å²) in [4.78, 5) is 0. The quantitative estimate of drug-likeness (QED) is 0.453. The molecule has 2 heteroatoms. The second kappa shape index (κ2) is 8.36. The minimum atomic E-state index is 0.894. The minimum absolute atomic E-state index is 0.894. The molecule has 0 amide bonds. The molecule has 0 fully saturated rings. The summed E-state index contributed by atoms with van der Waals surface area (Å²) in [5, 5.41) is 1.58. The highest BCUT2D eigenvalue weighted by Gasteiger charge is 2.01. The van der Waals surface area contributed by atoms with Crippen LogP contribution in [0, 0.1) is 0 Å². The Bertz CT molecular complexity index is 152. The summed E-state index contributed by atoms with van der Waals surface area (Å²) in [7, 11) is 1.17. The summed E-state index contributed by atoms with van der Waals surface area (Å²) < 4.78 is 5.76. The number of allylic oxidation sites excluding steroid dienone is 2. The molecule has 0 spiro atoms. The van der Waals surface area contributed by atoms with Crippen LogP contribution in [-0.4, -0.2) is 16.8 Å². The van der Waals surface area contributed by atoms with Crippen molar-refractivity contribution >= 4 is 10.2 Å². The van der Waals surface area contributed by atoms with E-state index >= 15 is 0 Å². The van der Waals surface area contributed by atoms with E-state index in [1.807, 2.05) is 0 Å². The molecule has 0 radical (unpaired) electrons. The van der Waals surface area contributed by atoms with Gasteiger partial charge in [-0.15, -0.1) is 0 Å². The van der Waals surface area contributed by atoms with Gasteiger partial charge in [0.25, 0.3) is 0 Å². The fraction of sp³-hybridized carbons (Fsp3) is 0.818. The lowest BCUT2D eigenvalue weighted by Crippen LogP contribution is -1.99. The highest BCUT2D eigenvalue weighted by molar-refractivity contribution is 6.21. The molecule has 0 aliphatic heterocycles. The van der Waals surface area contributed by atoms with Gasteiger partial charge in [0.1, 0.15) is 0 Å². The average molecular weight is 200 g/mol. The van der Waals surface area contributed by atoms with Crippen LogP contribution in [0.2, 0.25) is 0 Å². The molecule has 1 nitrogen and oxygen atoms in total. The van der Waals surface area contributed by atoms with Crippen LogP contribution in [0.4, 0.5) is 0 Å². The van der Waals surface area contributed by atoms with Crippen LogP contribution < -0.4 is 0 Å². The van der Waals surface area contributed by atoms with Gasteiger partial charge in [0, 0.05) is 16.7 Å². The Morgan fingerprint density at radius 1 is 1.00 bits per heavy atom. The molecule has 0 aliphatic carbocycles. The Labute approximate surface area is 86.0 Å². The van der Waals surface area contributed by atoms with Gasteiger partial charge in [-0.1, -0.05) is 32.4 Å². The van der Waals surface area contributed by atoms with Crippen molar-refractivity contribution in [1.29, 1.82) is 0 Å². The van der Waals surface area contributed by atoms with Gasteiger partial charge in [0.2, 0.25) is 0 Å². The minimum Gasteiger partial charge on any atom is -0.498 e. The maximum Gasteiger partial charge on any atom is 0.0903 e. The Balaban J connectivity index is 4.10. The lowest BCUT2D eigenvalue weighted by atomic mass is 10.2. The molecule has 0 aromatic rings. The van der Waals surface area contributed by atoms with Gasteiger partial charge in [-0.2, -0.15) is 0 Å². The van der Waals surface area contributed by atoms with Gasteiger partial charge in [0.05, 0.1) is 12.4 Å². The topological polar surface area (TPSA) is 9.23 Å². The predicted molar refractivity (Wildman–Crippen MR) is 63.0 cm³/mol. The summed E-state index contributed by atoms with van der Waals surface area (Å²) in [5.74, 6) is 1.30. The first-order valence-electron chi connectivity index (χ1n) is 5.57. The van der Waals surface area contributed by atoms with Crippen molar-refractivity contribution in [3.8, 4) is 0 Å². The molecule has 0 saturated carbocycles. The summed E-state index contributed by atoms with van der Waals surface area (Å²) in [5.41, 5.74) is 0. The van der Waals surface area contributed by atoms with E-state index in [0.29, 0.717) is 0 Å².